The number of aromatic nitrogens is 1. The van der Waals surface area contributed by atoms with Gasteiger partial charge in [-0.2, -0.15) is 0 Å². The maximum atomic E-state index is 11.9. The fourth-order valence-electron chi connectivity index (χ4n) is 2.20. The number of benzene rings is 1. The highest BCUT2D eigenvalue weighted by Gasteiger charge is 2.16. The van der Waals surface area contributed by atoms with Crippen molar-refractivity contribution >= 4 is 22.6 Å². The molecule has 0 aliphatic rings. The molecule has 0 saturated heterocycles. The zero-order valence-electron chi connectivity index (χ0n) is 11.3. The number of carboxylic acids is 1. The molecule has 0 bridgehead atoms. The van der Waals surface area contributed by atoms with E-state index >= 15 is 0 Å². The van der Waals surface area contributed by atoms with Crippen LogP contribution >= 0.6 is 0 Å². The monoisotopic (exact) mass is 274 g/mol. The number of aliphatic carboxylic acids is 1. The normalized spacial score (nSPS) is 12.2. The summed E-state index contributed by atoms with van der Waals surface area (Å²) in [4.78, 5) is 25.7. The van der Waals surface area contributed by atoms with Crippen LogP contribution in [0.25, 0.3) is 10.8 Å². The number of rotatable bonds is 6. The van der Waals surface area contributed by atoms with Crippen LogP contribution in [-0.2, 0) is 4.79 Å². The van der Waals surface area contributed by atoms with Gasteiger partial charge in [-0.3, -0.25) is 9.59 Å². The van der Waals surface area contributed by atoms with Crippen molar-refractivity contribution in [3.8, 4) is 0 Å². The van der Waals surface area contributed by atoms with Crippen LogP contribution in [0, 0.1) is 5.92 Å². The van der Waals surface area contributed by atoms with Gasteiger partial charge in [-0.25, -0.2) is 0 Å². The number of H-pyrrole nitrogens is 1. The Morgan fingerprint density at radius 2 is 2.15 bits per heavy atom. The average molecular weight is 274 g/mol. The Morgan fingerprint density at radius 3 is 2.85 bits per heavy atom. The van der Waals surface area contributed by atoms with Crippen molar-refractivity contribution in [3.05, 3.63) is 40.7 Å². The molecule has 0 aliphatic heterocycles. The summed E-state index contributed by atoms with van der Waals surface area (Å²) >= 11 is 0. The number of anilines is 1. The third-order valence-electron chi connectivity index (χ3n) is 3.28. The van der Waals surface area contributed by atoms with Crippen molar-refractivity contribution in [2.24, 2.45) is 5.92 Å². The second-order valence-corrected chi connectivity index (χ2v) is 4.80. The quantitative estimate of drug-likeness (QED) is 0.755. The first-order valence-electron chi connectivity index (χ1n) is 6.70. The van der Waals surface area contributed by atoms with Crippen LogP contribution < -0.4 is 10.9 Å². The highest BCUT2D eigenvalue weighted by molar-refractivity contribution is 5.83. The predicted octanol–water partition coefficient (Wildman–Crippen LogP) is 2.44. The molecule has 1 aromatic heterocycles. The second-order valence-electron chi connectivity index (χ2n) is 4.80. The lowest BCUT2D eigenvalue weighted by Crippen LogP contribution is -2.24. The van der Waals surface area contributed by atoms with E-state index < -0.39 is 11.9 Å². The summed E-state index contributed by atoms with van der Waals surface area (Å²) in [6.45, 7) is 2.26. The Morgan fingerprint density at radius 1 is 1.40 bits per heavy atom. The Kier molecular flexibility index (Phi) is 4.40. The zero-order chi connectivity index (χ0) is 14.5. The van der Waals surface area contributed by atoms with E-state index in [0.717, 1.165) is 11.8 Å². The van der Waals surface area contributed by atoms with Crippen molar-refractivity contribution in [2.45, 2.75) is 19.8 Å². The molecule has 0 aliphatic carbocycles. The van der Waals surface area contributed by atoms with E-state index in [0.29, 0.717) is 24.2 Å². The van der Waals surface area contributed by atoms with Crippen molar-refractivity contribution in [1.29, 1.82) is 0 Å². The van der Waals surface area contributed by atoms with E-state index in [-0.39, 0.29) is 5.56 Å². The largest absolute Gasteiger partial charge is 0.481 e. The van der Waals surface area contributed by atoms with Crippen LogP contribution in [0.3, 0.4) is 0 Å². The lowest BCUT2D eigenvalue weighted by molar-refractivity contribution is -0.141. The van der Waals surface area contributed by atoms with Gasteiger partial charge in [0.2, 0.25) is 0 Å². The van der Waals surface area contributed by atoms with Gasteiger partial charge in [0.15, 0.2) is 0 Å². The minimum atomic E-state index is -0.817. The number of hydrogen-bond donors (Lipinski definition) is 3. The van der Waals surface area contributed by atoms with E-state index in [1.807, 2.05) is 31.2 Å². The molecule has 0 amide bonds. The number of nitrogens with one attached hydrogen (secondary N) is 2. The van der Waals surface area contributed by atoms with E-state index in [9.17, 15) is 9.59 Å². The van der Waals surface area contributed by atoms with E-state index in [1.165, 1.54) is 0 Å². The Balaban J connectivity index is 2.17. The molecule has 0 saturated carbocycles. The molecule has 20 heavy (non-hydrogen) atoms. The van der Waals surface area contributed by atoms with Crippen LogP contribution in [0.1, 0.15) is 19.8 Å². The Bertz CT molecular complexity index is 663. The van der Waals surface area contributed by atoms with Crippen molar-refractivity contribution in [3.63, 3.8) is 0 Å². The predicted molar refractivity (Wildman–Crippen MR) is 79.1 cm³/mol. The van der Waals surface area contributed by atoms with Gasteiger partial charge in [0, 0.05) is 11.9 Å². The molecule has 2 rings (SSSR count). The summed E-state index contributed by atoms with van der Waals surface area (Å²) in [5, 5.41) is 13.6. The molecule has 1 unspecified atom stereocenters. The Hall–Kier alpha value is -2.30. The molecule has 1 atom stereocenters. The summed E-state index contributed by atoms with van der Waals surface area (Å²) in [7, 11) is 0. The van der Waals surface area contributed by atoms with Crippen LogP contribution in [-0.4, -0.2) is 22.6 Å². The number of hydrogen-bond acceptors (Lipinski definition) is 3. The third-order valence-corrected chi connectivity index (χ3v) is 3.28. The van der Waals surface area contributed by atoms with E-state index in [2.05, 4.69) is 10.3 Å². The first-order valence-corrected chi connectivity index (χ1v) is 6.70. The first-order chi connectivity index (χ1) is 9.61. The maximum absolute atomic E-state index is 11.9. The fraction of sp³-hybridized carbons (Fsp3) is 0.333. The summed E-state index contributed by atoms with van der Waals surface area (Å²) < 4.78 is 0. The van der Waals surface area contributed by atoms with Gasteiger partial charge in [-0.15, -0.1) is 0 Å². The smallest absolute Gasteiger partial charge is 0.308 e. The molecule has 5 nitrogen and oxygen atoms in total. The molecule has 1 aromatic carbocycles. The van der Waals surface area contributed by atoms with E-state index in [4.69, 9.17) is 5.11 Å². The molecule has 2 aromatic rings. The van der Waals surface area contributed by atoms with Crippen LogP contribution in [0.2, 0.25) is 0 Å². The molecule has 0 radical (unpaired) electrons. The summed E-state index contributed by atoms with van der Waals surface area (Å²) in [6.07, 6.45) is 1.42. The minimum absolute atomic E-state index is 0.173. The van der Waals surface area contributed by atoms with Gasteiger partial charge >= 0.3 is 5.97 Å². The van der Waals surface area contributed by atoms with Gasteiger partial charge < -0.3 is 15.4 Å². The van der Waals surface area contributed by atoms with Crippen LogP contribution in [0.15, 0.2) is 35.1 Å². The first kappa shape index (κ1) is 14.1. The molecule has 0 spiro atoms. The maximum Gasteiger partial charge on any atom is 0.308 e. The van der Waals surface area contributed by atoms with E-state index in [1.54, 1.807) is 6.07 Å². The topological polar surface area (TPSA) is 82.2 Å². The summed E-state index contributed by atoms with van der Waals surface area (Å²) in [6, 6.07) is 9.11. The van der Waals surface area contributed by atoms with Gasteiger partial charge in [-0.1, -0.05) is 31.5 Å². The Labute approximate surface area is 116 Å². The molecule has 106 valence electrons. The number of fused-ring (bicyclic) bond motifs is 1. The number of carboxylic acid groups (broad SMARTS) is 1. The second kappa shape index (κ2) is 6.23. The zero-order valence-corrected chi connectivity index (χ0v) is 11.3. The van der Waals surface area contributed by atoms with Crippen LogP contribution in [0.4, 0.5) is 5.82 Å². The third kappa shape index (κ3) is 3.17. The molecular formula is C15H18N2O3. The molecule has 1 heterocycles. The fourth-order valence-corrected chi connectivity index (χ4v) is 2.20. The summed E-state index contributed by atoms with van der Waals surface area (Å²) in [5.41, 5.74) is -0.173. The molecule has 0 fully saturated rings. The standard InChI is InChI=1S/C15H18N2O3/c1-2-5-11(15(19)20)9-16-13-8-10-6-3-4-7-12(10)14(18)17-13/h3-4,6-8,11H,2,5,9H2,1H3,(H,19,20)(H2,16,17,18). The van der Waals surface area contributed by atoms with Crippen molar-refractivity contribution in [2.75, 3.05) is 11.9 Å². The van der Waals surface area contributed by atoms with Gasteiger partial charge in [-0.05, 0) is 23.9 Å². The highest BCUT2D eigenvalue weighted by atomic mass is 16.4. The highest BCUT2D eigenvalue weighted by Crippen LogP contribution is 2.14. The minimum Gasteiger partial charge on any atom is -0.481 e. The lowest BCUT2D eigenvalue weighted by atomic mass is 10.0. The average Bonchev–Trinajstić information content (AvgIpc) is 2.43. The lowest BCUT2D eigenvalue weighted by Gasteiger charge is -2.13. The number of carbonyl (C=O) groups is 1. The number of aromatic amines is 1. The van der Waals surface area contributed by atoms with Crippen molar-refractivity contribution < 1.29 is 9.90 Å². The molecule has 5 heteroatoms. The van der Waals surface area contributed by atoms with Gasteiger partial charge in [0.05, 0.1) is 5.92 Å². The van der Waals surface area contributed by atoms with Crippen LogP contribution in [0.5, 0.6) is 0 Å². The van der Waals surface area contributed by atoms with Gasteiger partial charge in [0.1, 0.15) is 5.82 Å². The SMILES string of the molecule is CCCC(CNc1cc2ccccc2c(=O)[nH]1)C(=O)O. The van der Waals surface area contributed by atoms with Crippen molar-refractivity contribution in [1.82, 2.24) is 4.98 Å². The number of pyridine rings is 1. The summed E-state index contributed by atoms with van der Waals surface area (Å²) in [5.74, 6) is -0.714. The molecule has 3 N–H and O–H groups in total. The molecular weight excluding hydrogens is 256 g/mol. The van der Waals surface area contributed by atoms with Gasteiger partial charge in [0.25, 0.3) is 5.56 Å².